The number of fused-ring (bicyclic) bond motifs is 1. The highest BCUT2D eigenvalue weighted by atomic mass is 32.2. The summed E-state index contributed by atoms with van der Waals surface area (Å²) in [5, 5.41) is 16.0. The third-order valence-corrected chi connectivity index (χ3v) is 9.79. The number of nitrogens with two attached hydrogens (primary N) is 1. The van der Waals surface area contributed by atoms with E-state index in [1.165, 1.54) is 55.2 Å². The fraction of sp³-hybridized carbons (Fsp3) is 0.562. The number of β-lactam (4-membered cyclic amide) rings is 1. The number of thioether (sulfide) groups is 1. The summed E-state index contributed by atoms with van der Waals surface area (Å²) in [6.07, 6.45) is 14.6. The van der Waals surface area contributed by atoms with Gasteiger partial charge in [0.2, 0.25) is 11.5 Å². The van der Waals surface area contributed by atoms with Gasteiger partial charge in [-0.15, -0.1) is 11.8 Å². The van der Waals surface area contributed by atoms with Crippen molar-refractivity contribution in [2.45, 2.75) is 103 Å². The molecule has 0 aliphatic carbocycles. The fourth-order valence-electron chi connectivity index (χ4n) is 5.38. The quantitative estimate of drug-likeness (QED) is 0.0457. The second-order valence-electron chi connectivity index (χ2n) is 11.5. The Bertz CT molecular complexity index is 1500. The van der Waals surface area contributed by atoms with E-state index in [2.05, 4.69) is 26.8 Å². The molecule has 0 aromatic carbocycles. The third kappa shape index (κ3) is 9.98. The van der Waals surface area contributed by atoms with Crippen LogP contribution in [-0.2, 0) is 41.9 Å². The number of pyridine rings is 1. The van der Waals surface area contributed by atoms with Crippen molar-refractivity contribution in [1.82, 2.24) is 19.6 Å². The predicted molar refractivity (Wildman–Crippen MR) is 180 cm³/mol. The molecule has 1 saturated heterocycles. The molecule has 260 valence electrons. The highest BCUT2D eigenvalue weighted by Crippen LogP contribution is 2.40. The maximum absolute atomic E-state index is 13.2. The Morgan fingerprint density at radius 1 is 1.10 bits per heavy atom. The topological polar surface area (TPSA) is 190 Å². The van der Waals surface area contributed by atoms with Crippen molar-refractivity contribution in [1.29, 1.82) is 0 Å². The van der Waals surface area contributed by atoms with E-state index in [4.69, 9.17) is 15.3 Å². The maximum Gasteiger partial charge on any atom is 0.352 e. The molecule has 2 aliphatic rings. The van der Waals surface area contributed by atoms with Crippen LogP contribution < -0.4 is 15.6 Å². The number of carboxylic acid groups (broad SMARTS) is 1. The lowest BCUT2D eigenvalue weighted by Gasteiger charge is -2.49. The van der Waals surface area contributed by atoms with Crippen LogP contribution in [0.25, 0.3) is 0 Å². The molecule has 48 heavy (non-hydrogen) atoms. The molecule has 2 aromatic rings. The number of hydrogen-bond donors (Lipinski definition) is 3. The van der Waals surface area contributed by atoms with Gasteiger partial charge in [-0.25, -0.2) is 9.36 Å². The van der Waals surface area contributed by atoms with Gasteiger partial charge in [-0.3, -0.25) is 19.3 Å². The number of carbonyl (C=O) groups is 4. The number of oxime groups is 1. The van der Waals surface area contributed by atoms with E-state index in [-0.39, 0.29) is 48.1 Å². The van der Waals surface area contributed by atoms with Gasteiger partial charge in [0.25, 0.3) is 11.8 Å². The van der Waals surface area contributed by atoms with Crippen LogP contribution in [0.5, 0.6) is 0 Å². The molecule has 4 rings (SSSR count). The van der Waals surface area contributed by atoms with Crippen molar-refractivity contribution in [3.8, 4) is 0 Å². The molecule has 0 saturated carbocycles. The number of aromatic nitrogens is 3. The van der Waals surface area contributed by atoms with Crippen LogP contribution in [0.2, 0.25) is 0 Å². The van der Waals surface area contributed by atoms with Crippen LogP contribution in [0.4, 0.5) is 5.13 Å². The first kappa shape index (κ1) is 36.8. The number of esters is 1. The van der Waals surface area contributed by atoms with Crippen LogP contribution >= 0.6 is 23.3 Å². The van der Waals surface area contributed by atoms with E-state index in [0.29, 0.717) is 17.7 Å². The second-order valence-corrected chi connectivity index (χ2v) is 13.4. The number of ether oxygens (including phenoxy) is 1. The first-order valence-electron chi connectivity index (χ1n) is 16.4. The number of anilines is 1. The molecule has 0 radical (unpaired) electrons. The summed E-state index contributed by atoms with van der Waals surface area (Å²) >= 11 is 2.24. The normalized spacial score (nSPS) is 17.5. The molecule has 2 aromatic heterocycles. The zero-order chi connectivity index (χ0) is 34.5. The number of unbranched alkanes of at least 4 members (excludes halogenated alkanes) is 8. The van der Waals surface area contributed by atoms with Gasteiger partial charge in [0.1, 0.15) is 30.3 Å². The molecular weight excluding hydrogens is 659 g/mol. The molecule has 4 N–H and O–H groups in total. The Balaban J connectivity index is 1.27. The van der Waals surface area contributed by atoms with Crippen molar-refractivity contribution in [2.75, 3.05) is 18.1 Å². The van der Waals surface area contributed by atoms with Gasteiger partial charge in [-0.2, -0.15) is 9.36 Å². The fourth-order valence-corrected chi connectivity index (χ4v) is 7.15. The molecule has 0 bridgehead atoms. The van der Waals surface area contributed by atoms with Gasteiger partial charge < -0.3 is 25.7 Å². The van der Waals surface area contributed by atoms with E-state index in [1.807, 2.05) is 12.1 Å². The minimum atomic E-state index is -1.23. The molecule has 14 nitrogen and oxygen atoms in total. The lowest BCUT2D eigenvalue weighted by molar-refractivity contribution is -0.689. The minimum Gasteiger partial charge on any atom is -0.477 e. The summed E-state index contributed by atoms with van der Waals surface area (Å²) in [6, 6.07) is 2.66. The first-order chi connectivity index (χ1) is 23.2. The number of nitrogens with zero attached hydrogens (tertiary/aromatic N) is 5. The van der Waals surface area contributed by atoms with E-state index in [1.54, 1.807) is 23.9 Å². The largest absolute Gasteiger partial charge is 0.477 e. The summed E-state index contributed by atoms with van der Waals surface area (Å²) in [5.74, 6) is -2.44. The molecular formula is C32H44N7O7S2+. The Labute approximate surface area is 288 Å². The highest BCUT2D eigenvalue weighted by molar-refractivity contribution is 8.00. The number of nitrogen functional groups attached to an aromatic ring is 1. The zero-order valence-corrected chi connectivity index (χ0v) is 29.0. The monoisotopic (exact) mass is 702 g/mol. The molecule has 16 heteroatoms. The van der Waals surface area contributed by atoms with Crippen molar-refractivity contribution in [3.63, 3.8) is 0 Å². The number of carboxylic acids is 1. The SMILES string of the molecule is CCCCCCCCCCCC(=O)OCc1cc[n+](CC2=C(C(=O)O)N3C(=O)C(NC(=O)C(=NOCC)c4nsc(N)n4)[C@H]3SC2)cc1. The Morgan fingerprint density at radius 2 is 1.79 bits per heavy atom. The first-order valence-corrected chi connectivity index (χ1v) is 18.2. The second kappa shape index (κ2) is 18.5. The van der Waals surface area contributed by atoms with E-state index in [0.717, 1.165) is 36.4 Å². The van der Waals surface area contributed by atoms with Crippen LogP contribution in [0.3, 0.4) is 0 Å². The Kier molecular flexibility index (Phi) is 14.2. The van der Waals surface area contributed by atoms with Gasteiger partial charge in [0, 0.05) is 47.0 Å². The number of amides is 2. The number of rotatable bonds is 20. The van der Waals surface area contributed by atoms with Crippen molar-refractivity contribution >= 4 is 57.9 Å². The summed E-state index contributed by atoms with van der Waals surface area (Å²) in [6.45, 7) is 4.50. The van der Waals surface area contributed by atoms with E-state index in [9.17, 15) is 24.3 Å². The Hall–Kier alpha value is -4.05. The van der Waals surface area contributed by atoms with Gasteiger partial charge in [-0.05, 0) is 13.3 Å². The van der Waals surface area contributed by atoms with Crippen LogP contribution in [0.15, 0.2) is 41.0 Å². The van der Waals surface area contributed by atoms with Crippen LogP contribution in [0.1, 0.15) is 89.4 Å². The van der Waals surface area contributed by atoms with Crippen molar-refractivity contribution in [2.24, 2.45) is 5.16 Å². The molecule has 2 atom stereocenters. The van der Waals surface area contributed by atoms with E-state index < -0.39 is 29.2 Å². The minimum absolute atomic E-state index is 0.0351. The summed E-state index contributed by atoms with van der Waals surface area (Å²) in [5.41, 5.74) is 6.67. The molecule has 2 amide bonds. The number of hydrogen-bond acceptors (Lipinski definition) is 12. The highest BCUT2D eigenvalue weighted by Gasteiger charge is 2.55. The summed E-state index contributed by atoms with van der Waals surface area (Å²) in [4.78, 5) is 61.0. The summed E-state index contributed by atoms with van der Waals surface area (Å²) < 4.78 is 11.2. The smallest absolute Gasteiger partial charge is 0.352 e. The van der Waals surface area contributed by atoms with Crippen molar-refractivity contribution in [3.05, 3.63) is 47.2 Å². The summed E-state index contributed by atoms with van der Waals surface area (Å²) in [7, 11) is 0. The third-order valence-electron chi connectivity index (χ3n) is 7.91. The average molecular weight is 703 g/mol. The zero-order valence-electron chi connectivity index (χ0n) is 27.4. The van der Waals surface area contributed by atoms with Crippen molar-refractivity contribution < 1.29 is 38.4 Å². The standard InChI is InChI=1S/C32H43N7O7S2/c1-3-5-6-7-8-9-10-11-12-13-23(40)45-19-21-14-16-38(17-15-21)18-22-20-47-30-25(29(42)39(30)26(22)31(43)44)34-28(41)24(36-46-4-2)27-35-32(33)48-37-27/h14-17,25,30H,3-13,18-20H2,1-2H3,(H3-,33,34,35,37,41,43,44)/p+1/t25?,30-/m1/s1. The Morgan fingerprint density at radius 3 is 2.42 bits per heavy atom. The molecule has 0 spiro atoms. The average Bonchev–Trinajstić information content (AvgIpc) is 3.51. The van der Waals surface area contributed by atoms with Gasteiger partial charge >= 0.3 is 11.9 Å². The molecule has 1 fully saturated rings. The lowest BCUT2D eigenvalue weighted by Crippen LogP contribution is -2.71. The lowest BCUT2D eigenvalue weighted by atomic mass is 10.0. The number of aliphatic carboxylic acids is 1. The van der Waals surface area contributed by atoms with Crippen LogP contribution in [0, 0.1) is 0 Å². The molecule has 4 heterocycles. The van der Waals surface area contributed by atoms with Gasteiger partial charge in [0.15, 0.2) is 24.1 Å². The van der Waals surface area contributed by atoms with Crippen LogP contribution in [-0.4, -0.2) is 72.6 Å². The molecule has 2 aliphatic heterocycles. The predicted octanol–water partition coefficient (Wildman–Crippen LogP) is 3.55. The number of carbonyl (C=O) groups excluding carboxylic acids is 3. The van der Waals surface area contributed by atoms with Gasteiger partial charge in [0.05, 0.1) is 0 Å². The van der Waals surface area contributed by atoms with Gasteiger partial charge in [-0.1, -0.05) is 63.4 Å². The number of nitrogens with one attached hydrogen (secondary N) is 1. The molecule has 1 unspecified atom stereocenters. The maximum atomic E-state index is 13.2. The van der Waals surface area contributed by atoms with E-state index >= 15 is 0 Å².